The lowest BCUT2D eigenvalue weighted by Gasteiger charge is -2.15. The minimum atomic E-state index is -3.53. The molecule has 176 valence electrons. The van der Waals surface area contributed by atoms with Crippen LogP contribution in [-0.2, 0) is 10.0 Å². The summed E-state index contributed by atoms with van der Waals surface area (Å²) in [5, 5.41) is 7.97. The minimum Gasteiger partial charge on any atom is -0.497 e. The Balaban J connectivity index is 1.39. The summed E-state index contributed by atoms with van der Waals surface area (Å²) in [5.41, 5.74) is 1.85. The van der Waals surface area contributed by atoms with Gasteiger partial charge in [0.1, 0.15) is 11.6 Å². The number of aryl methyl sites for hydroxylation is 1. The Hall–Kier alpha value is -3.28. The van der Waals surface area contributed by atoms with E-state index in [9.17, 15) is 13.2 Å². The van der Waals surface area contributed by atoms with Crippen molar-refractivity contribution in [3.8, 4) is 10.9 Å². The van der Waals surface area contributed by atoms with Crippen molar-refractivity contribution in [2.45, 2.75) is 24.7 Å². The molecule has 0 radical (unpaired) electrons. The Morgan fingerprint density at radius 2 is 1.82 bits per heavy atom. The number of rotatable bonds is 6. The number of carbonyl (C=O) groups is 1. The van der Waals surface area contributed by atoms with Crippen molar-refractivity contribution in [2.75, 3.05) is 25.5 Å². The lowest BCUT2D eigenvalue weighted by Crippen LogP contribution is -2.27. The second-order valence-electron chi connectivity index (χ2n) is 8.00. The molecule has 11 heteroatoms. The fraction of sp³-hybridized carbons (Fsp3) is 0.261. The van der Waals surface area contributed by atoms with Crippen molar-refractivity contribution in [3.63, 3.8) is 0 Å². The summed E-state index contributed by atoms with van der Waals surface area (Å²) < 4.78 is 34.8. The molecule has 0 spiro atoms. The van der Waals surface area contributed by atoms with Crippen LogP contribution in [0.25, 0.3) is 15.3 Å². The molecule has 0 bridgehead atoms. The third-order valence-corrected chi connectivity index (χ3v) is 8.58. The zero-order valence-corrected chi connectivity index (χ0v) is 20.3. The molecule has 5 rings (SSSR count). The maximum atomic E-state index is 12.9. The zero-order valence-electron chi connectivity index (χ0n) is 18.7. The summed E-state index contributed by atoms with van der Waals surface area (Å²) in [6.45, 7) is 2.90. The number of hydrogen-bond acceptors (Lipinski definition) is 7. The highest BCUT2D eigenvalue weighted by Gasteiger charge is 2.27. The van der Waals surface area contributed by atoms with Crippen LogP contribution in [-0.4, -0.2) is 53.6 Å². The molecule has 2 aromatic heterocycles. The monoisotopic (exact) mass is 497 g/mol. The van der Waals surface area contributed by atoms with Crippen molar-refractivity contribution in [1.82, 2.24) is 19.1 Å². The number of nitrogens with one attached hydrogen (secondary N) is 1. The number of methoxy groups -OCH3 is 1. The van der Waals surface area contributed by atoms with E-state index < -0.39 is 10.0 Å². The number of benzene rings is 2. The first-order chi connectivity index (χ1) is 16.3. The van der Waals surface area contributed by atoms with E-state index in [2.05, 4.69) is 15.4 Å². The zero-order chi connectivity index (χ0) is 23.9. The summed E-state index contributed by atoms with van der Waals surface area (Å²) in [4.78, 5) is 17.8. The molecule has 3 heterocycles. The van der Waals surface area contributed by atoms with Crippen LogP contribution < -0.4 is 10.1 Å². The summed E-state index contributed by atoms with van der Waals surface area (Å²) >= 11 is 1.45. The molecule has 1 aliphatic rings. The largest absolute Gasteiger partial charge is 0.497 e. The van der Waals surface area contributed by atoms with Gasteiger partial charge in [0.2, 0.25) is 15.2 Å². The first-order valence-corrected chi connectivity index (χ1v) is 13.0. The number of nitrogens with zero attached hydrogens (tertiary/aromatic N) is 4. The van der Waals surface area contributed by atoms with Crippen LogP contribution >= 0.6 is 11.3 Å². The molecular weight excluding hydrogens is 474 g/mol. The van der Waals surface area contributed by atoms with Gasteiger partial charge in [0.25, 0.3) is 5.91 Å². The number of hydrogen-bond donors (Lipinski definition) is 1. The summed E-state index contributed by atoms with van der Waals surface area (Å²) in [6.07, 6.45) is 1.74. The van der Waals surface area contributed by atoms with Crippen LogP contribution in [0.3, 0.4) is 0 Å². The molecule has 1 aliphatic heterocycles. The quantitative estimate of drug-likeness (QED) is 0.434. The maximum Gasteiger partial charge on any atom is 0.256 e. The van der Waals surface area contributed by atoms with Crippen molar-refractivity contribution in [3.05, 3.63) is 59.8 Å². The Bertz CT molecular complexity index is 1470. The number of aromatic nitrogens is 3. The highest BCUT2D eigenvalue weighted by atomic mass is 32.2. The number of thiazole rings is 1. The lowest BCUT2D eigenvalue weighted by atomic mass is 10.2. The van der Waals surface area contributed by atoms with Gasteiger partial charge in [-0.15, -0.1) is 0 Å². The second kappa shape index (κ2) is 8.82. The molecule has 1 N–H and O–H groups in total. The topological polar surface area (TPSA) is 106 Å². The Morgan fingerprint density at radius 3 is 2.53 bits per heavy atom. The van der Waals surface area contributed by atoms with Crippen LogP contribution in [0, 0.1) is 6.92 Å². The van der Waals surface area contributed by atoms with Crippen molar-refractivity contribution < 1.29 is 17.9 Å². The Morgan fingerprint density at radius 1 is 1.09 bits per heavy atom. The molecule has 34 heavy (non-hydrogen) atoms. The smallest absolute Gasteiger partial charge is 0.256 e. The predicted molar refractivity (Wildman–Crippen MR) is 130 cm³/mol. The molecule has 2 aromatic carbocycles. The molecule has 0 saturated carbocycles. The van der Waals surface area contributed by atoms with E-state index in [1.165, 1.54) is 39.9 Å². The van der Waals surface area contributed by atoms with Gasteiger partial charge in [0, 0.05) is 30.8 Å². The van der Waals surface area contributed by atoms with E-state index >= 15 is 0 Å². The van der Waals surface area contributed by atoms with Gasteiger partial charge >= 0.3 is 0 Å². The standard InChI is InChI=1S/C23H23N5O4S2/c1-15-13-21(28(26-15)23-24-19-14-17(32-2)7-10-20(19)33-23)25-22(29)16-5-8-18(9-6-16)34(30,31)27-11-3-4-12-27/h5-10,13-14H,3-4,11-12H2,1-2H3,(H,25,29). The average Bonchev–Trinajstić information content (AvgIpc) is 3.58. The minimum absolute atomic E-state index is 0.191. The van der Waals surface area contributed by atoms with E-state index in [-0.39, 0.29) is 10.8 Å². The summed E-state index contributed by atoms with van der Waals surface area (Å²) in [6, 6.07) is 13.4. The summed E-state index contributed by atoms with van der Waals surface area (Å²) in [5.74, 6) is 0.820. The lowest BCUT2D eigenvalue weighted by molar-refractivity contribution is 0.102. The van der Waals surface area contributed by atoms with Crippen LogP contribution in [0.2, 0.25) is 0 Å². The van der Waals surface area contributed by atoms with Gasteiger partial charge in [-0.1, -0.05) is 11.3 Å². The van der Waals surface area contributed by atoms with Gasteiger partial charge in [0.15, 0.2) is 0 Å². The van der Waals surface area contributed by atoms with Crippen LogP contribution in [0.1, 0.15) is 28.9 Å². The van der Waals surface area contributed by atoms with Crippen LogP contribution in [0.15, 0.2) is 53.4 Å². The highest BCUT2D eigenvalue weighted by molar-refractivity contribution is 7.89. The first-order valence-electron chi connectivity index (χ1n) is 10.8. The SMILES string of the molecule is COc1ccc2sc(-n3nc(C)cc3NC(=O)c3ccc(S(=O)(=O)N4CCCC4)cc3)nc2c1. The molecule has 9 nitrogen and oxygen atoms in total. The van der Waals surface area contributed by atoms with Gasteiger partial charge in [-0.3, -0.25) is 4.79 Å². The molecular formula is C23H23N5O4S2. The predicted octanol–water partition coefficient (Wildman–Crippen LogP) is 3.84. The number of anilines is 1. The molecule has 1 fully saturated rings. The van der Waals surface area contributed by atoms with Gasteiger partial charge in [-0.05, 0) is 56.2 Å². The van der Waals surface area contributed by atoms with E-state index in [0.717, 1.165) is 28.8 Å². The molecule has 0 atom stereocenters. The molecule has 0 unspecified atom stereocenters. The van der Waals surface area contributed by atoms with Crippen molar-refractivity contribution in [2.24, 2.45) is 0 Å². The fourth-order valence-corrected chi connectivity index (χ4v) is 6.32. The van der Waals surface area contributed by atoms with Gasteiger partial charge in [-0.25, -0.2) is 13.4 Å². The third-order valence-electron chi connectivity index (χ3n) is 5.66. The second-order valence-corrected chi connectivity index (χ2v) is 10.9. The van der Waals surface area contributed by atoms with Gasteiger partial charge < -0.3 is 10.1 Å². The molecule has 1 saturated heterocycles. The van der Waals surface area contributed by atoms with Gasteiger partial charge in [0.05, 0.1) is 27.9 Å². The highest BCUT2D eigenvalue weighted by Crippen LogP contribution is 2.30. The Kier molecular flexibility index (Phi) is 5.84. The number of amides is 1. The number of ether oxygens (including phenoxy) is 1. The maximum absolute atomic E-state index is 12.9. The van der Waals surface area contributed by atoms with E-state index in [1.807, 2.05) is 25.1 Å². The van der Waals surface area contributed by atoms with E-state index in [0.29, 0.717) is 35.4 Å². The fourth-order valence-electron chi connectivity index (χ4n) is 3.89. The number of sulfonamides is 1. The average molecular weight is 498 g/mol. The number of fused-ring (bicyclic) bond motifs is 1. The van der Waals surface area contributed by atoms with Gasteiger partial charge in [-0.2, -0.15) is 14.1 Å². The first kappa shape index (κ1) is 22.5. The van der Waals surface area contributed by atoms with Crippen molar-refractivity contribution >= 4 is 43.3 Å². The van der Waals surface area contributed by atoms with E-state index in [1.54, 1.807) is 17.9 Å². The molecule has 4 aromatic rings. The molecule has 0 aliphatic carbocycles. The normalized spacial score (nSPS) is 14.5. The van der Waals surface area contributed by atoms with Crippen LogP contribution in [0.4, 0.5) is 5.82 Å². The number of carbonyl (C=O) groups excluding carboxylic acids is 1. The molecule has 1 amide bonds. The Labute approximate surface area is 201 Å². The van der Waals surface area contributed by atoms with E-state index in [4.69, 9.17) is 4.74 Å². The third kappa shape index (κ3) is 4.17. The summed E-state index contributed by atoms with van der Waals surface area (Å²) in [7, 11) is -1.92. The van der Waals surface area contributed by atoms with Crippen LogP contribution in [0.5, 0.6) is 5.75 Å². The van der Waals surface area contributed by atoms with Crippen molar-refractivity contribution in [1.29, 1.82) is 0 Å².